The van der Waals surface area contributed by atoms with Crippen LogP contribution in [0, 0.1) is 0 Å². The monoisotopic (exact) mass is 320 g/mol. The molecule has 0 spiro atoms. The average molecular weight is 321 g/mol. The number of rotatable bonds is 4. The van der Waals surface area contributed by atoms with Crippen LogP contribution in [0.3, 0.4) is 0 Å². The zero-order valence-electron chi connectivity index (χ0n) is 14.3. The number of hydrogen-bond acceptors (Lipinski definition) is 4. The van der Waals surface area contributed by atoms with Crippen molar-refractivity contribution in [1.29, 1.82) is 0 Å². The van der Waals surface area contributed by atoms with Gasteiger partial charge < -0.3 is 9.47 Å². The van der Waals surface area contributed by atoms with Crippen molar-refractivity contribution >= 4 is 23.5 Å². The van der Waals surface area contributed by atoms with Gasteiger partial charge in [-0.25, -0.2) is 0 Å². The maximum atomic E-state index is 4.51. The summed E-state index contributed by atoms with van der Waals surface area (Å²) >= 11 is 3.44. The number of methoxy groups -OCH3 is 2. The van der Waals surface area contributed by atoms with E-state index in [-0.39, 0.29) is 0 Å². The first-order chi connectivity index (χ1) is 9.66. The molecule has 0 atom stereocenters. The van der Waals surface area contributed by atoms with Crippen LogP contribution in [0.4, 0.5) is 0 Å². The Kier molecular flexibility index (Phi) is 59.2. The number of allylic oxidation sites excluding steroid dienone is 4. The average Bonchev–Trinajstić information content (AvgIpc) is 2.44. The van der Waals surface area contributed by atoms with E-state index in [4.69, 9.17) is 0 Å². The van der Waals surface area contributed by atoms with Gasteiger partial charge in [0.15, 0.2) is 0 Å². The molecule has 0 amide bonds. The summed E-state index contributed by atoms with van der Waals surface area (Å²) in [6.07, 6.45) is 15.0. The molecule has 2 nitrogen and oxygen atoms in total. The molecular formula is C16H32O2S2. The van der Waals surface area contributed by atoms with Crippen LogP contribution in [-0.2, 0) is 9.47 Å². The van der Waals surface area contributed by atoms with Crippen LogP contribution in [0.15, 0.2) is 47.6 Å². The van der Waals surface area contributed by atoms with E-state index in [2.05, 4.69) is 9.47 Å². The Hall–Kier alpha value is -0.740. The van der Waals surface area contributed by atoms with E-state index in [1.165, 1.54) is 0 Å². The van der Waals surface area contributed by atoms with Crippen molar-refractivity contribution in [2.24, 2.45) is 0 Å². The summed E-state index contributed by atoms with van der Waals surface area (Å²) in [5, 5.41) is 4.08. The Morgan fingerprint density at radius 1 is 0.600 bits per heavy atom. The molecule has 4 heteroatoms. The second kappa shape index (κ2) is 42.9. The van der Waals surface area contributed by atoms with Crippen molar-refractivity contribution in [1.82, 2.24) is 0 Å². The lowest BCUT2D eigenvalue weighted by Crippen LogP contribution is -1.57. The van der Waals surface area contributed by atoms with E-state index in [1.807, 2.05) is 75.3 Å². The topological polar surface area (TPSA) is 18.5 Å². The highest BCUT2D eigenvalue weighted by atomic mass is 32.2. The fourth-order valence-electron chi connectivity index (χ4n) is 0.544. The third-order valence-corrected chi connectivity index (χ3v) is 2.18. The van der Waals surface area contributed by atoms with Gasteiger partial charge in [-0.05, 0) is 51.0 Å². The van der Waals surface area contributed by atoms with Crippen molar-refractivity contribution in [2.75, 3.05) is 26.7 Å². The van der Waals surface area contributed by atoms with E-state index >= 15 is 0 Å². The summed E-state index contributed by atoms with van der Waals surface area (Å²) in [7, 11) is 3.25. The molecule has 0 aromatic carbocycles. The summed E-state index contributed by atoms with van der Waals surface area (Å²) in [6.45, 7) is 7.83. The summed E-state index contributed by atoms with van der Waals surface area (Å²) < 4.78 is 9.02. The summed E-state index contributed by atoms with van der Waals surface area (Å²) in [5.41, 5.74) is 0. The number of hydrogen-bond donors (Lipinski definition) is 0. The van der Waals surface area contributed by atoms with Crippen LogP contribution in [0.1, 0.15) is 27.7 Å². The van der Waals surface area contributed by atoms with Crippen molar-refractivity contribution in [3.8, 4) is 0 Å². The van der Waals surface area contributed by atoms with E-state index in [0.717, 1.165) is 0 Å². The van der Waals surface area contributed by atoms with E-state index in [1.54, 1.807) is 50.3 Å². The first kappa shape index (κ1) is 27.6. The Labute approximate surface area is 135 Å². The van der Waals surface area contributed by atoms with E-state index in [9.17, 15) is 0 Å². The maximum Gasteiger partial charge on any atom is 0.0781 e. The van der Waals surface area contributed by atoms with Gasteiger partial charge in [0.2, 0.25) is 0 Å². The minimum atomic E-state index is 1.62. The van der Waals surface area contributed by atoms with Crippen molar-refractivity contribution < 1.29 is 9.47 Å². The molecule has 0 aliphatic rings. The molecule has 0 fully saturated rings. The molecular weight excluding hydrogens is 288 g/mol. The molecule has 0 saturated heterocycles. The molecule has 0 rings (SSSR count). The van der Waals surface area contributed by atoms with Gasteiger partial charge in [0.25, 0.3) is 0 Å². The number of ether oxygens (including phenoxy) is 2. The zero-order valence-corrected chi connectivity index (χ0v) is 15.9. The van der Waals surface area contributed by atoms with Gasteiger partial charge in [0.1, 0.15) is 0 Å². The smallest absolute Gasteiger partial charge is 0.0781 e. The number of thioether (sulfide) groups is 2. The van der Waals surface area contributed by atoms with Crippen LogP contribution in [0.25, 0.3) is 0 Å². The van der Waals surface area contributed by atoms with Gasteiger partial charge in [-0.15, -0.1) is 23.5 Å². The standard InChI is InChI=1S/2C4H8O.2C4H8S/c4*1-3-4-5-2/h4*3-4H,1-2H3/b4*4-3-. The minimum absolute atomic E-state index is 1.62. The first-order valence-corrected chi connectivity index (χ1v) is 8.79. The Bertz CT molecular complexity index is 175. The van der Waals surface area contributed by atoms with Crippen LogP contribution < -0.4 is 0 Å². The zero-order chi connectivity index (χ0) is 16.5. The lowest BCUT2D eigenvalue weighted by Gasteiger charge is -1.76. The lowest BCUT2D eigenvalue weighted by atomic mass is 10.7. The molecule has 0 aromatic rings. The van der Waals surface area contributed by atoms with Gasteiger partial charge in [-0.3, -0.25) is 0 Å². The van der Waals surface area contributed by atoms with Gasteiger partial charge in [-0.2, -0.15) is 0 Å². The molecule has 0 bridgehead atoms. The van der Waals surface area contributed by atoms with Gasteiger partial charge in [0, 0.05) is 0 Å². The third kappa shape index (κ3) is 86.6. The van der Waals surface area contributed by atoms with Crippen molar-refractivity contribution in [3.05, 3.63) is 47.6 Å². The van der Waals surface area contributed by atoms with Gasteiger partial charge in [0.05, 0.1) is 26.7 Å². The maximum absolute atomic E-state index is 4.51. The largest absolute Gasteiger partial charge is 0.505 e. The van der Waals surface area contributed by atoms with Crippen molar-refractivity contribution in [3.63, 3.8) is 0 Å². The second-order valence-corrected chi connectivity index (χ2v) is 4.31. The molecule has 0 saturated carbocycles. The van der Waals surface area contributed by atoms with Gasteiger partial charge in [-0.1, -0.05) is 24.3 Å². The van der Waals surface area contributed by atoms with Crippen LogP contribution in [-0.4, -0.2) is 26.7 Å². The van der Waals surface area contributed by atoms with E-state index in [0.29, 0.717) is 0 Å². The lowest BCUT2D eigenvalue weighted by molar-refractivity contribution is 0.337. The fraction of sp³-hybridized carbons (Fsp3) is 0.500. The van der Waals surface area contributed by atoms with Gasteiger partial charge >= 0.3 is 0 Å². The summed E-state index contributed by atoms with van der Waals surface area (Å²) in [6, 6.07) is 0. The highest BCUT2D eigenvalue weighted by Gasteiger charge is 1.52. The SMILES string of the molecule is C/C=C\OC.C/C=C\OC.C/C=C\SC.C/C=C\SC. The Morgan fingerprint density at radius 2 is 0.900 bits per heavy atom. The summed E-state index contributed by atoms with van der Waals surface area (Å²) in [5.74, 6) is 0. The van der Waals surface area contributed by atoms with E-state index < -0.39 is 0 Å². The molecule has 0 radical (unpaired) electrons. The summed E-state index contributed by atoms with van der Waals surface area (Å²) in [4.78, 5) is 0. The highest BCUT2D eigenvalue weighted by molar-refractivity contribution is 8.01. The predicted molar refractivity (Wildman–Crippen MR) is 100 cm³/mol. The quantitative estimate of drug-likeness (QED) is 0.582. The van der Waals surface area contributed by atoms with Crippen molar-refractivity contribution in [2.45, 2.75) is 27.7 Å². The highest BCUT2D eigenvalue weighted by Crippen LogP contribution is 1.90. The molecule has 0 aliphatic heterocycles. The molecule has 0 N–H and O–H groups in total. The molecule has 20 heavy (non-hydrogen) atoms. The molecule has 0 aliphatic carbocycles. The van der Waals surface area contributed by atoms with Crippen LogP contribution >= 0.6 is 23.5 Å². The Balaban J connectivity index is -0.0000000853. The van der Waals surface area contributed by atoms with Crippen LogP contribution in [0.5, 0.6) is 0 Å². The first-order valence-electron chi connectivity index (χ1n) is 6.22. The predicted octanol–water partition coefficient (Wildman–Crippen LogP) is 6.10. The fourth-order valence-corrected chi connectivity index (χ4v) is 1.09. The second-order valence-electron chi connectivity index (χ2n) is 2.82. The molecule has 0 aromatic heterocycles. The minimum Gasteiger partial charge on any atom is -0.505 e. The Morgan fingerprint density at radius 3 is 0.900 bits per heavy atom. The molecule has 0 heterocycles. The normalized spacial score (nSPS) is 9.60. The molecule has 120 valence electrons. The third-order valence-electron chi connectivity index (χ3n) is 1.09. The van der Waals surface area contributed by atoms with Crippen LogP contribution in [0.2, 0.25) is 0 Å². The molecule has 0 unspecified atom stereocenters.